The molecule has 0 fully saturated rings. The van der Waals surface area contributed by atoms with Crippen LogP contribution in [0, 0.1) is 0 Å². The molecule has 26 heavy (non-hydrogen) atoms. The van der Waals surface area contributed by atoms with Crippen LogP contribution in [0.1, 0.15) is 0 Å². The summed E-state index contributed by atoms with van der Waals surface area (Å²) in [4.78, 5) is 14.7. The predicted molar refractivity (Wildman–Crippen MR) is 103 cm³/mol. The molecule has 0 amide bonds. The van der Waals surface area contributed by atoms with Gasteiger partial charge < -0.3 is 23.7 Å². The van der Waals surface area contributed by atoms with Gasteiger partial charge in [0.1, 0.15) is 5.69 Å². The third-order valence-electron chi connectivity index (χ3n) is 4.51. The Morgan fingerprint density at radius 1 is 0.923 bits per heavy atom. The summed E-state index contributed by atoms with van der Waals surface area (Å²) in [6.45, 7) is 0. The zero-order valence-electron chi connectivity index (χ0n) is 15.6. The van der Waals surface area contributed by atoms with Gasteiger partial charge in [-0.15, -0.1) is 0 Å². The van der Waals surface area contributed by atoms with Crippen LogP contribution in [0.15, 0.2) is 47.3 Å². The summed E-state index contributed by atoms with van der Waals surface area (Å²) in [7, 11) is 8.30. The van der Waals surface area contributed by atoms with Crippen molar-refractivity contribution in [2.45, 2.75) is 0 Å². The Bertz CT molecular complexity index is 985. The molecule has 6 heteroatoms. The second kappa shape index (κ2) is 7.00. The third-order valence-corrected chi connectivity index (χ3v) is 4.51. The number of hydrogen-bond acceptors (Lipinski definition) is 5. The molecule has 0 atom stereocenters. The van der Waals surface area contributed by atoms with Crippen molar-refractivity contribution < 1.29 is 14.2 Å². The molecule has 0 saturated carbocycles. The van der Waals surface area contributed by atoms with E-state index in [-0.39, 0.29) is 5.56 Å². The number of benzene rings is 2. The van der Waals surface area contributed by atoms with E-state index in [1.807, 2.05) is 54.4 Å². The molecule has 2 aromatic carbocycles. The smallest absolute Gasteiger partial charge is 0.274 e. The quantitative estimate of drug-likeness (QED) is 0.703. The summed E-state index contributed by atoms with van der Waals surface area (Å²) in [6, 6.07) is 13.3. The summed E-state index contributed by atoms with van der Waals surface area (Å²) in [5.41, 5.74) is 2.12. The van der Waals surface area contributed by atoms with Crippen LogP contribution in [0.5, 0.6) is 17.2 Å². The maximum absolute atomic E-state index is 12.9. The number of fused-ring (bicyclic) bond motifs is 1. The van der Waals surface area contributed by atoms with Gasteiger partial charge in [0, 0.05) is 37.3 Å². The second-order valence-corrected chi connectivity index (χ2v) is 5.90. The highest BCUT2D eigenvalue weighted by Gasteiger charge is 2.18. The Kier molecular flexibility index (Phi) is 4.75. The van der Waals surface area contributed by atoms with E-state index in [0.29, 0.717) is 22.9 Å². The molecule has 3 aromatic rings. The Balaban J connectivity index is 2.18. The third kappa shape index (κ3) is 2.83. The first-order valence-electron chi connectivity index (χ1n) is 8.14. The Hall–Kier alpha value is -3.15. The molecule has 3 rings (SSSR count). The number of anilines is 2. The van der Waals surface area contributed by atoms with Crippen LogP contribution in [-0.4, -0.2) is 32.9 Å². The Morgan fingerprint density at radius 3 is 2.12 bits per heavy atom. The van der Waals surface area contributed by atoms with Crippen LogP contribution >= 0.6 is 0 Å². The van der Waals surface area contributed by atoms with Crippen molar-refractivity contribution in [2.75, 3.05) is 33.3 Å². The van der Waals surface area contributed by atoms with Crippen LogP contribution in [0.25, 0.3) is 10.9 Å². The molecule has 0 N–H and O–H groups in total. The van der Waals surface area contributed by atoms with Gasteiger partial charge in [0.2, 0.25) is 5.75 Å². The fourth-order valence-corrected chi connectivity index (χ4v) is 3.05. The number of pyridine rings is 1. The molecule has 136 valence electrons. The van der Waals surface area contributed by atoms with E-state index < -0.39 is 0 Å². The molecular weight excluding hydrogens is 332 g/mol. The van der Waals surface area contributed by atoms with E-state index in [1.165, 1.54) is 0 Å². The largest absolute Gasteiger partial charge is 0.493 e. The molecule has 0 unspecified atom stereocenters. The van der Waals surface area contributed by atoms with Crippen molar-refractivity contribution in [1.29, 1.82) is 0 Å². The number of nitrogens with zero attached hydrogens (tertiary/aromatic N) is 2. The van der Waals surface area contributed by atoms with Gasteiger partial charge in [-0.05, 0) is 12.1 Å². The van der Waals surface area contributed by atoms with Crippen LogP contribution in [0.3, 0.4) is 0 Å². The lowest BCUT2D eigenvalue weighted by molar-refractivity contribution is 0.324. The Morgan fingerprint density at radius 2 is 1.54 bits per heavy atom. The summed E-state index contributed by atoms with van der Waals surface area (Å²) < 4.78 is 17.8. The van der Waals surface area contributed by atoms with E-state index in [9.17, 15) is 4.79 Å². The average Bonchev–Trinajstić information content (AvgIpc) is 2.68. The molecule has 0 aliphatic heterocycles. The SMILES string of the molecule is COc1cc(N(C)c2cc3ccccc3n(C)c2=O)cc(OC)c1OC. The summed E-state index contributed by atoms with van der Waals surface area (Å²) in [5.74, 6) is 1.58. The predicted octanol–water partition coefficient (Wildman–Crippen LogP) is 3.33. The van der Waals surface area contributed by atoms with E-state index >= 15 is 0 Å². The van der Waals surface area contributed by atoms with Crippen LogP contribution < -0.4 is 24.7 Å². The molecule has 1 heterocycles. The highest BCUT2D eigenvalue weighted by atomic mass is 16.5. The average molecular weight is 354 g/mol. The first kappa shape index (κ1) is 17.7. The zero-order valence-corrected chi connectivity index (χ0v) is 15.6. The minimum atomic E-state index is -0.0834. The topological polar surface area (TPSA) is 52.9 Å². The summed E-state index contributed by atoms with van der Waals surface area (Å²) >= 11 is 0. The molecule has 0 saturated heterocycles. The molecular formula is C20H22N2O4. The van der Waals surface area contributed by atoms with Gasteiger partial charge in [-0.2, -0.15) is 0 Å². The fourth-order valence-electron chi connectivity index (χ4n) is 3.05. The van der Waals surface area contributed by atoms with Gasteiger partial charge in [-0.25, -0.2) is 0 Å². The van der Waals surface area contributed by atoms with Crippen LogP contribution in [0.2, 0.25) is 0 Å². The standard InChI is InChI=1S/C20H22N2O4/c1-21(14-11-17(24-3)19(26-5)18(12-14)25-4)16-10-13-8-6-7-9-15(13)22(2)20(16)23/h6-12H,1-5H3. The van der Waals surface area contributed by atoms with Crippen molar-refractivity contribution in [3.8, 4) is 17.2 Å². The number of hydrogen-bond donors (Lipinski definition) is 0. The monoisotopic (exact) mass is 354 g/mol. The summed E-state index contributed by atoms with van der Waals surface area (Å²) in [6.07, 6.45) is 0. The van der Waals surface area contributed by atoms with Crippen LogP contribution in [-0.2, 0) is 7.05 Å². The van der Waals surface area contributed by atoms with Gasteiger partial charge in [0.15, 0.2) is 11.5 Å². The second-order valence-electron chi connectivity index (χ2n) is 5.90. The Labute approximate surface area is 152 Å². The minimum absolute atomic E-state index is 0.0834. The van der Waals surface area contributed by atoms with Crippen molar-refractivity contribution >= 4 is 22.3 Å². The van der Waals surface area contributed by atoms with Gasteiger partial charge in [-0.1, -0.05) is 18.2 Å². The number of methoxy groups -OCH3 is 3. The molecule has 1 aromatic heterocycles. The zero-order chi connectivity index (χ0) is 18.8. The minimum Gasteiger partial charge on any atom is -0.493 e. The lowest BCUT2D eigenvalue weighted by Gasteiger charge is -2.22. The number of rotatable bonds is 5. The maximum atomic E-state index is 12.9. The number of para-hydroxylation sites is 1. The van der Waals surface area contributed by atoms with Crippen molar-refractivity contribution in [2.24, 2.45) is 7.05 Å². The van der Waals surface area contributed by atoms with E-state index in [2.05, 4.69) is 0 Å². The maximum Gasteiger partial charge on any atom is 0.274 e. The molecule has 0 radical (unpaired) electrons. The number of aromatic nitrogens is 1. The first-order chi connectivity index (χ1) is 12.5. The van der Waals surface area contributed by atoms with Gasteiger partial charge in [0.05, 0.1) is 26.8 Å². The summed E-state index contributed by atoms with van der Waals surface area (Å²) in [5, 5.41) is 0.990. The van der Waals surface area contributed by atoms with E-state index in [4.69, 9.17) is 14.2 Å². The molecule has 0 spiro atoms. The normalized spacial score (nSPS) is 10.7. The van der Waals surface area contributed by atoms with Crippen molar-refractivity contribution in [3.05, 3.63) is 52.8 Å². The van der Waals surface area contributed by atoms with Crippen LogP contribution in [0.4, 0.5) is 11.4 Å². The molecule has 0 bridgehead atoms. The molecule has 0 aliphatic carbocycles. The van der Waals surface area contributed by atoms with Gasteiger partial charge in [0.25, 0.3) is 5.56 Å². The van der Waals surface area contributed by atoms with E-state index in [0.717, 1.165) is 16.6 Å². The number of aryl methyl sites for hydroxylation is 1. The fraction of sp³-hybridized carbons (Fsp3) is 0.250. The molecule has 6 nitrogen and oxygen atoms in total. The lowest BCUT2D eigenvalue weighted by atomic mass is 10.1. The van der Waals surface area contributed by atoms with E-state index in [1.54, 1.807) is 32.9 Å². The highest BCUT2D eigenvalue weighted by molar-refractivity contribution is 5.84. The highest BCUT2D eigenvalue weighted by Crippen LogP contribution is 2.41. The van der Waals surface area contributed by atoms with Crippen molar-refractivity contribution in [3.63, 3.8) is 0 Å². The number of ether oxygens (including phenoxy) is 3. The van der Waals surface area contributed by atoms with Gasteiger partial charge >= 0.3 is 0 Å². The van der Waals surface area contributed by atoms with Crippen molar-refractivity contribution in [1.82, 2.24) is 4.57 Å². The first-order valence-corrected chi connectivity index (χ1v) is 8.14. The lowest BCUT2D eigenvalue weighted by Crippen LogP contribution is -2.25. The molecule has 0 aliphatic rings. The van der Waals surface area contributed by atoms with Gasteiger partial charge in [-0.3, -0.25) is 4.79 Å².